The highest BCUT2D eigenvalue weighted by Crippen LogP contribution is 2.31. The highest BCUT2D eigenvalue weighted by molar-refractivity contribution is 8.00. The first-order valence-corrected chi connectivity index (χ1v) is 13.4. The van der Waals surface area contributed by atoms with Gasteiger partial charge in [-0.15, -0.1) is 21.5 Å². The van der Waals surface area contributed by atoms with Crippen LogP contribution in [0.15, 0.2) is 51.0 Å². The number of thioether (sulfide) groups is 1. The van der Waals surface area contributed by atoms with Gasteiger partial charge in [0, 0.05) is 17.2 Å². The number of hydrogen-bond donors (Lipinski definition) is 1. The molecule has 1 aliphatic rings. The topological polar surface area (TPSA) is 92.3 Å². The van der Waals surface area contributed by atoms with Crippen LogP contribution in [-0.4, -0.2) is 41.4 Å². The summed E-state index contributed by atoms with van der Waals surface area (Å²) in [5.74, 6) is 0.431. The summed E-state index contributed by atoms with van der Waals surface area (Å²) in [6.07, 6.45) is 1.12. The van der Waals surface area contributed by atoms with E-state index in [4.69, 9.17) is 0 Å². The zero-order valence-electron chi connectivity index (χ0n) is 16.1. The van der Waals surface area contributed by atoms with Crippen LogP contribution in [0, 0.1) is 6.92 Å². The van der Waals surface area contributed by atoms with E-state index in [1.54, 1.807) is 47.4 Å². The molecule has 3 aromatic rings. The second kappa shape index (κ2) is 9.15. The third-order valence-electron chi connectivity index (χ3n) is 4.69. The minimum absolute atomic E-state index is 0.205. The van der Waals surface area contributed by atoms with E-state index in [0.717, 1.165) is 15.7 Å². The maximum Gasteiger partial charge on any atom is 0.244 e. The highest BCUT2D eigenvalue weighted by Gasteiger charge is 2.39. The number of benzene rings is 1. The van der Waals surface area contributed by atoms with Crippen molar-refractivity contribution in [3.05, 3.63) is 52.2 Å². The van der Waals surface area contributed by atoms with E-state index in [1.807, 2.05) is 18.4 Å². The number of aryl methyl sites for hydroxylation is 1. The molecule has 11 heteroatoms. The molecule has 0 unspecified atom stereocenters. The molecule has 30 heavy (non-hydrogen) atoms. The number of anilines is 1. The molecule has 2 aromatic heterocycles. The van der Waals surface area contributed by atoms with Gasteiger partial charge in [-0.05, 0) is 43.3 Å². The van der Waals surface area contributed by atoms with Gasteiger partial charge in [-0.2, -0.15) is 4.31 Å². The number of hydrogen-bond acceptors (Lipinski definition) is 8. The van der Waals surface area contributed by atoms with Gasteiger partial charge in [0.15, 0.2) is 4.34 Å². The number of carbonyl (C=O) groups is 1. The number of nitrogens with one attached hydrogen (secondary N) is 1. The molecule has 1 N–H and O–H groups in total. The van der Waals surface area contributed by atoms with Gasteiger partial charge in [0.05, 0.1) is 4.90 Å². The Morgan fingerprint density at radius 1 is 1.27 bits per heavy atom. The monoisotopic (exact) mass is 480 g/mol. The van der Waals surface area contributed by atoms with E-state index in [0.29, 0.717) is 24.5 Å². The molecule has 1 atom stereocenters. The summed E-state index contributed by atoms with van der Waals surface area (Å²) in [5, 5.41) is 13.3. The lowest BCUT2D eigenvalue weighted by Gasteiger charge is -2.23. The fourth-order valence-electron chi connectivity index (χ4n) is 3.17. The number of carbonyl (C=O) groups excluding carboxylic acids is 1. The molecule has 158 valence electrons. The zero-order valence-corrected chi connectivity index (χ0v) is 19.4. The van der Waals surface area contributed by atoms with Gasteiger partial charge in [0.2, 0.25) is 21.1 Å². The van der Waals surface area contributed by atoms with Gasteiger partial charge in [-0.3, -0.25) is 10.1 Å². The first kappa shape index (κ1) is 21.4. The molecule has 0 bridgehead atoms. The van der Waals surface area contributed by atoms with Crippen molar-refractivity contribution in [1.82, 2.24) is 14.5 Å². The molecule has 7 nitrogen and oxygen atoms in total. The van der Waals surface area contributed by atoms with Crippen LogP contribution in [0.3, 0.4) is 0 Å². The smallest absolute Gasteiger partial charge is 0.244 e. The van der Waals surface area contributed by atoms with Crippen LogP contribution in [0.1, 0.15) is 23.3 Å². The molecule has 1 amide bonds. The van der Waals surface area contributed by atoms with E-state index in [1.165, 1.54) is 20.5 Å². The molecule has 3 heterocycles. The van der Waals surface area contributed by atoms with Gasteiger partial charge in [-0.25, -0.2) is 8.42 Å². The number of nitrogens with zero attached hydrogens (tertiary/aromatic N) is 3. The second-order valence-corrected chi connectivity index (χ2v) is 11.9. The summed E-state index contributed by atoms with van der Waals surface area (Å²) in [6.45, 7) is 2.23. The van der Waals surface area contributed by atoms with Crippen molar-refractivity contribution in [1.29, 1.82) is 0 Å². The Morgan fingerprint density at radius 2 is 2.07 bits per heavy atom. The van der Waals surface area contributed by atoms with Crippen molar-refractivity contribution < 1.29 is 13.2 Å². The summed E-state index contributed by atoms with van der Waals surface area (Å²) in [6, 6.07) is 10.0. The number of sulfonamides is 1. The minimum atomic E-state index is -3.73. The Labute approximate surface area is 187 Å². The Balaban J connectivity index is 1.42. The van der Waals surface area contributed by atoms with E-state index in [2.05, 4.69) is 21.6 Å². The van der Waals surface area contributed by atoms with Crippen LogP contribution in [0.25, 0.3) is 0 Å². The van der Waals surface area contributed by atoms with Crippen molar-refractivity contribution in [2.24, 2.45) is 0 Å². The SMILES string of the molecule is Cc1ccc(S(=O)(=O)N2CCC[C@H]2C(=O)Nc2nnc(SCc3cccs3)s2)cc1. The molecule has 0 saturated carbocycles. The van der Waals surface area contributed by atoms with Crippen LogP contribution in [0.4, 0.5) is 5.13 Å². The molecule has 1 fully saturated rings. The quantitative estimate of drug-likeness (QED) is 0.406. The zero-order chi connectivity index (χ0) is 21.1. The average molecular weight is 481 g/mol. The fraction of sp³-hybridized carbons (Fsp3) is 0.316. The molecule has 0 spiro atoms. The molecule has 0 radical (unpaired) electrons. The molecule has 1 saturated heterocycles. The Bertz CT molecular complexity index is 1110. The molecular formula is C19H20N4O3S4. The summed E-state index contributed by atoms with van der Waals surface area (Å²) in [5.41, 5.74) is 0.980. The van der Waals surface area contributed by atoms with Gasteiger partial charge in [0.1, 0.15) is 6.04 Å². The van der Waals surface area contributed by atoms with Crippen molar-refractivity contribution in [3.8, 4) is 0 Å². The van der Waals surface area contributed by atoms with Gasteiger partial charge in [-0.1, -0.05) is 46.9 Å². The molecular weight excluding hydrogens is 461 g/mol. The standard InChI is InChI=1S/C19H20N4O3S4/c1-13-6-8-15(9-7-13)30(25,26)23-10-2-5-16(23)17(24)20-18-21-22-19(29-18)28-12-14-4-3-11-27-14/h3-4,6-9,11,16H,2,5,10,12H2,1H3,(H,20,21,24)/t16-/m0/s1. The normalized spacial score (nSPS) is 17.3. The first-order valence-electron chi connectivity index (χ1n) is 9.31. The Kier molecular flexibility index (Phi) is 6.54. The van der Waals surface area contributed by atoms with Crippen molar-refractivity contribution >= 4 is 55.5 Å². The maximum absolute atomic E-state index is 13.0. The maximum atomic E-state index is 13.0. The van der Waals surface area contributed by atoms with E-state index in [9.17, 15) is 13.2 Å². The lowest BCUT2D eigenvalue weighted by Crippen LogP contribution is -2.43. The largest absolute Gasteiger partial charge is 0.299 e. The van der Waals surface area contributed by atoms with Crippen molar-refractivity contribution in [2.75, 3.05) is 11.9 Å². The van der Waals surface area contributed by atoms with E-state index < -0.39 is 16.1 Å². The summed E-state index contributed by atoms with van der Waals surface area (Å²) in [7, 11) is -3.73. The highest BCUT2D eigenvalue weighted by atomic mass is 32.2. The Hall–Kier alpha value is -1.79. The van der Waals surface area contributed by atoms with Crippen LogP contribution in [0.2, 0.25) is 0 Å². The number of aromatic nitrogens is 2. The lowest BCUT2D eigenvalue weighted by molar-refractivity contribution is -0.119. The average Bonchev–Trinajstić information content (AvgIpc) is 3.48. The predicted octanol–water partition coefficient (Wildman–Crippen LogP) is 3.99. The predicted molar refractivity (Wildman–Crippen MR) is 121 cm³/mol. The van der Waals surface area contributed by atoms with Crippen molar-refractivity contribution in [3.63, 3.8) is 0 Å². The number of amides is 1. The van der Waals surface area contributed by atoms with Crippen LogP contribution >= 0.6 is 34.4 Å². The number of rotatable bonds is 7. The summed E-state index contributed by atoms with van der Waals surface area (Å²) < 4.78 is 28.1. The van der Waals surface area contributed by atoms with Gasteiger partial charge >= 0.3 is 0 Å². The first-order chi connectivity index (χ1) is 14.4. The van der Waals surface area contributed by atoms with Crippen LogP contribution in [-0.2, 0) is 20.6 Å². The van der Waals surface area contributed by atoms with Crippen molar-refractivity contribution in [2.45, 2.75) is 40.8 Å². The van der Waals surface area contributed by atoms with E-state index in [-0.39, 0.29) is 10.8 Å². The third kappa shape index (κ3) is 4.75. The molecule has 4 rings (SSSR count). The van der Waals surface area contributed by atoms with Gasteiger partial charge in [0.25, 0.3) is 0 Å². The second-order valence-electron chi connectivity index (χ2n) is 6.82. The van der Waals surface area contributed by atoms with Crippen LogP contribution in [0.5, 0.6) is 0 Å². The lowest BCUT2D eigenvalue weighted by atomic mass is 10.2. The molecule has 0 aliphatic carbocycles. The molecule has 1 aromatic carbocycles. The minimum Gasteiger partial charge on any atom is -0.299 e. The third-order valence-corrected chi connectivity index (χ3v) is 9.69. The van der Waals surface area contributed by atoms with E-state index >= 15 is 0 Å². The molecule has 1 aliphatic heterocycles. The Morgan fingerprint density at radius 3 is 2.80 bits per heavy atom. The van der Waals surface area contributed by atoms with Gasteiger partial charge < -0.3 is 0 Å². The summed E-state index contributed by atoms with van der Waals surface area (Å²) >= 11 is 4.53. The number of thiophene rings is 1. The van der Waals surface area contributed by atoms with Crippen LogP contribution < -0.4 is 5.32 Å². The fourth-order valence-corrected chi connectivity index (χ4v) is 7.35. The summed E-state index contributed by atoms with van der Waals surface area (Å²) in [4.78, 5) is 14.3.